The lowest BCUT2D eigenvalue weighted by Gasteiger charge is -2.07. The minimum atomic E-state index is -0.192. The molecule has 0 spiro atoms. The summed E-state index contributed by atoms with van der Waals surface area (Å²) in [5, 5.41) is 5.11. The van der Waals surface area contributed by atoms with E-state index in [1.165, 1.54) is 0 Å². The van der Waals surface area contributed by atoms with E-state index in [1.807, 2.05) is 31.2 Å². The molecule has 1 aromatic carbocycles. The standard InChI is InChI=1S/C11H16N2O2/c1-9-4-3-5-10(8-9)15-7-6-13-11(14)12-2/h3-5,8H,6-7H2,1-2H3,(H2,12,13,14). The fourth-order valence-electron chi connectivity index (χ4n) is 1.13. The molecular weight excluding hydrogens is 192 g/mol. The second-order valence-electron chi connectivity index (χ2n) is 3.17. The van der Waals surface area contributed by atoms with E-state index in [-0.39, 0.29) is 6.03 Å². The van der Waals surface area contributed by atoms with Gasteiger partial charge in [-0.15, -0.1) is 0 Å². The zero-order valence-corrected chi connectivity index (χ0v) is 9.04. The molecule has 15 heavy (non-hydrogen) atoms. The molecule has 0 heterocycles. The van der Waals surface area contributed by atoms with Crippen molar-refractivity contribution in [2.75, 3.05) is 20.2 Å². The highest BCUT2D eigenvalue weighted by atomic mass is 16.5. The molecule has 4 heteroatoms. The van der Waals surface area contributed by atoms with Crippen LogP contribution in [0.25, 0.3) is 0 Å². The molecule has 2 N–H and O–H groups in total. The van der Waals surface area contributed by atoms with Gasteiger partial charge in [-0.3, -0.25) is 0 Å². The lowest BCUT2D eigenvalue weighted by molar-refractivity contribution is 0.238. The van der Waals surface area contributed by atoms with Crippen molar-refractivity contribution in [3.05, 3.63) is 29.8 Å². The first-order chi connectivity index (χ1) is 7.22. The van der Waals surface area contributed by atoms with Crippen molar-refractivity contribution in [3.63, 3.8) is 0 Å². The first kappa shape index (κ1) is 11.4. The van der Waals surface area contributed by atoms with Crippen molar-refractivity contribution in [1.82, 2.24) is 10.6 Å². The topological polar surface area (TPSA) is 50.4 Å². The highest BCUT2D eigenvalue weighted by Crippen LogP contribution is 2.11. The van der Waals surface area contributed by atoms with Gasteiger partial charge in [0.15, 0.2) is 0 Å². The van der Waals surface area contributed by atoms with E-state index in [4.69, 9.17) is 4.74 Å². The van der Waals surface area contributed by atoms with E-state index in [0.717, 1.165) is 11.3 Å². The van der Waals surface area contributed by atoms with Gasteiger partial charge in [0.2, 0.25) is 0 Å². The molecule has 1 rings (SSSR count). The molecule has 0 atom stereocenters. The fraction of sp³-hybridized carbons (Fsp3) is 0.364. The Hall–Kier alpha value is -1.71. The molecule has 0 saturated heterocycles. The van der Waals surface area contributed by atoms with Crippen LogP contribution in [0, 0.1) is 6.92 Å². The number of hydrogen-bond donors (Lipinski definition) is 2. The predicted octanol–water partition coefficient (Wildman–Crippen LogP) is 1.30. The Morgan fingerprint density at radius 3 is 2.93 bits per heavy atom. The van der Waals surface area contributed by atoms with Gasteiger partial charge in [-0.2, -0.15) is 0 Å². The van der Waals surface area contributed by atoms with Crippen LogP contribution < -0.4 is 15.4 Å². The quantitative estimate of drug-likeness (QED) is 0.733. The molecule has 0 aliphatic rings. The monoisotopic (exact) mass is 208 g/mol. The molecule has 0 unspecified atom stereocenters. The molecule has 1 aromatic rings. The Bertz CT molecular complexity index is 326. The van der Waals surface area contributed by atoms with E-state index in [2.05, 4.69) is 10.6 Å². The minimum absolute atomic E-state index is 0.192. The number of hydrogen-bond acceptors (Lipinski definition) is 2. The van der Waals surface area contributed by atoms with Gasteiger partial charge in [0.25, 0.3) is 0 Å². The number of benzene rings is 1. The van der Waals surface area contributed by atoms with Crippen LogP contribution in [0.2, 0.25) is 0 Å². The second-order valence-corrected chi connectivity index (χ2v) is 3.17. The van der Waals surface area contributed by atoms with Gasteiger partial charge in [0.1, 0.15) is 12.4 Å². The molecule has 0 aliphatic carbocycles. The van der Waals surface area contributed by atoms with Gasteiger partial charge < -0.3 is 15.4 Å². The number of carbonyl (C=O) groups is 1. The Labute approximate surface area is 89.6 Å². The van der Waals surface area contributed by atoms with Gasteiger partial charge in [0.05, 0.1) is 6.54 Å². The van der Waals surface area contributed by atoms with Crippen LogP contribution in [0.4, 0.5) is 4.79 Å². The number of carbonyl (C=O) groups excluding carboxylic acids is 1. The maximum atomic E-state index is 10.8. The third-order valence-corrected chi connectivity index (χ3v) is 1.87. The number of urea groups is 1. The third-order valence-electron chi connectivity index (χ3n) is 1.87. The van der Waals surface area contributed by atoms with Crippen LogP contribution in [0.5, 0.6) is 5.75 Å². The number of amides is 2. The Morgan fingerprint density at radius 2 is 2.27 bits per heavy atom. The molecule has 0 fully saturated rings. The van der Waals surface area contributed by atoms with Crippen LogP contribution in [0.3, 0.4) is 0 Å². The normalized spacial score (nSPS) is 9.47. The van der Waals surface area contributed by atoms with Gasteiger partial charge in [-0.05, 0) is 24.6 Å². The van der Waals surface area contributed by atoms with E-state index < -0.39 is 0 Å². The van der Waals surface area contributed by atoms with Gasteiger partial charge in [0, 0.05) is 7.05 Å². The fourth-order valence-corrected chi connectivity index (χ4v) is 1.13. The molecule has 82 valence electrons. The Balaban J connectivity index is 2.23. The Morgan fingerprint density at radius 1 is 1.47 bits per heavy atom. The summed E-state index contributed by atoms with van der Waals surface area (Å²) in [6.45, 7) is 2.97. The zero-order valence-electron chi connectivity index (χ0n) is 9.04. The summed E-state index contributed by atoms with van der Waals surface area (Å²) in [7, 11) is 1.58. The van der Waals surface area contributed by atoms with E-state index >= 15 is 0 Å². The molecule has 0 saturated carbocycles. The molecular formula is C11H16N2O2. The van der Waals surface area contributed by atoms with Crippen LogP contribution in [-0.2, 0) is 0 Å². The van der Waals surface area contributed by atoms with Crippen molar-refractivity contribution < 1.29 is 9.53 Å². The molecule has 2 amide bonds. The average molecular weight is 208 g/mol. The number of ether oxygens (including phenoxy) is 1. The summed E-state index contributed by atoms with van der Waals surface area (Å²) in [4.78, 5) is 10.8. The molecule has 0 bridgehead atoms. The summed E-state index contributed by atoms with van der Waals surface area (Å²) in [6.07, 6.45) is 0. The van der Waals surface area contributed by atoms with Crippen molar-refractivity contribution >= 4 is 6.03 Å². The number of rotatable bonds is 4. The number of aryl methyl sites for hydroxylation is 1. The van der Waals surface area contributed by atoms with Crippen molar-refractivity contribution in [2.24, 2.45) is 0 Å². The zero-order chi connectivity index (χ0) is 11.1. The van der Waals surface area contributed by atoms with Crippen LogP contribution >= 0.6 is 0 Å². The maximum Gasteiger partial charge on any atom is 0.314 e. The van der Waals surface area contributed by atoms with E-state index in [9.17, 15) is 4.79 Å². The third kappa shape index (κ3) is 4.35. The van der Waals surface area contributed by atoms with Gasteiger partial charge >= 0.3 is 6.03 Å². The lowest BCUT2D eigenvalue weighted by Crippen LogP contribution is -2.35. The highest BCUT2D eigenvalue weighted by molar-refractivity contribution is 5.73. The average Bonchev–Trinajstić information content (AvgIpc) is 2.24. The minimum Gasteiger partial charge on any atom is -0.492 e. The largest absolute Gasteiger partial charge is 0.492 e. The van der Waals surface area contributed by atoms with Crippen molar-refractivity contribution in [1.29, 1.82) is 0 Å². The summed E-state index contributed by atoms with van der Waals surface area (Å²) in [6, 6.07) is 7.61. The van der Waals surface area contributed by atoms with E-state index in [0.29, 0.717) is 13.2 Å². The van der Waals surface area contributed by atoms with Crippen molar-refractivity contribution in [2.45, 2.75) is 6.92 Å². The predicted molar refractivity (Wildman–Crippen MR) is 59.1 cm³/mol. The summed E-state index contributed by atoms with van der Waals surface area (Å²) < 4.78 is 5.44. The van der Waals surface area contributed by atoms with Crippen LogP contribution in [-0.4, -0.2) is 26.2 Å². The SMILES string of the molecule is CNC(=O)NCCOc1cccc(C)c1. The summed E-state index contributed by atoms with van der Waals surface area (Å²) in [5.41, 5.74) is 1.16. The van der Waals surface area contributed by atoms with Crippen molar-refractivity contribution in [3.8, 4) is 5.75 Å². The second kappa shape index (κ2) is 5.90. The maximum absolute atomic E-state index is 10.8. The molecule has 0 aromatic heterocycles. The first-order valence-electron chi connectivity index (χ1n) is 4.87. The summed E-state index contributed by atoms with van der Waals surface area (Å²) >= 11 is 0. The number of nitrogens with one attached hydrogen (secondary N) is 2. The van der Waals surface area contributed by atoms with E-state index in [1.54, 1.807) is 7.05 Å². The molecule has 4 nitrogen and oxygen atoms in total. The summed E-state index contributed by atoms with van der Waals surface area (Å²) in [5.74, 6) is 0.828. The lowest BCUT2D eigenvalue weighted by atomic mass is 10.2. The van der Waals surface area contributed by atoms with Gasteiger partial charge in [-0.25, -0.2) is 4.79 Å². The van der Waals surface area contributed by atoms with Gasteiger partial charge in [-0.1, -0.05) is 12.1 Å². The molecule has 0 radical (unpaired) electrons. The highest BCUT2D eigenvalue weighted by Gasteiger charge is 1.96. The molecule has 0 aliphatic heterocycles. The first-order valence-corrected chi connectivity index (χ1v) is 4.87. The van der Waals surface area contributed by atoms with Crippen LogP contribution in [0.1, 0.15) is 5.56 Å². The van der Waals surface area contributed by atoms with Crippen LogP contribution in [0.15, 0.2) is 24.3 Å². The smallest absolute Gasteiger partial charge is 0.314 e. The Kier molecular flexibility index (Phi) is 4.47.